The molecule has 0 spiro atoms. The predicted octanol–water partition coefficient (Wildman–Crippen LogP) is 2.20. The monoisotopic (exact) mass is 340 g/mol. The van der Waals surface area contributed by atoms with Crippen molar-refractivity contribution >= 4 is 10.0 Å². The number of pyridine rings is 1. The fraction of sp³-hybridized carbons (Fsp3) is 0.267. The van der Waals surface area contributed by atoms with Crippen molar-refractivity contribution < 1.29 is 21.9 Å². The molecule has 5 nitrogen and oxygen atoms in total. The Balaban J connectivity index is 1.73. The number of sulfonamides is 1. The summed E-state index contributed by atoms with van der Waals surface area (Å²) >= 11 is 0. The van der Waals surface area contributed by atoms with Crippen molar-refractivity contribution in [2.24, 2.45) is 0 Å². The van der Waals surface area contributed by atoms with E-state index >= 15 is 0 Å². The van der Waals surface area contributed by atoms with Gasteiger partial charge in [0.15, 0.2) is 11.6 Å². The number of benzene rings is 1. The van der Waals surface area contributed by atoms with E-state index in [9.17, 15) is 17.2 Å². The van der Waals surface area contributed by atoms with Gasteiger partial charge in [-0.2, -0.15) is 4.31 Å². The molecule has 23 heavy (non-hydrogen) atoms. The predicted molar refractivity (Wildman–Crippen MR) is 78.4 cm³/mol. The van der Waals surface area contributed by atoms with Crippen LogP contribution in [0.1, 0.15) is 6.42 Å². The molecule has 0 amide bonds. The summed E-state index contributed by atoms with van der Waals surface area (Å²) in [6, 6.07) is 5.94. The van der Waals surface area contributed by atoms with Gasteiger partial charge in [-0.1, -0.05) is 0 Å². The van der Waals surface area contributed by atoms with E-state index in [1.807, 2.05) is 0 Å². The SMILES string of the molecule is O=S(=O)(c1ccc(F)c(F)c1)N1CC[C@H](Oc2ccncc2)C1. The molecule has 0 bridgehead atoms. The molecule has 0 N–H and O–H groups in total. The van der Waals surface area contributed by atoms with Crippen LogP contribution < -0.4 is 4.74 Å². The van der Waals surface area contributed by atoms with E-state index < -0.39 is 21.7 Å². The molecule has 3 rings (SSSR count). The molecule has 0 aliphatic carbocycles. The van der Waals surface area contributed by atoms with Crippen LogP contribution in [0.15, 0.2) is 47.6 Å². The van der Waals surface area contributed by atoms with Crippen molar-refractivity contribution in [2.75, 3.05) is 13.1 Å². The van der Waals surface area contributed by atoms with Crippen LogP contribution >= 0.6 is 0 Å². The maximum absolute atomic E-state index is 13.3. The van der Waals surface area contributed by atoms with Gasteiger partial charge in [0.25, 0.3) is 0 Å². The van der Waals surface area contributed by atoms with Gasteiger partial charge in [0, 0.05) is 18.9 Å². The second-order valence-electron chi connectivity index (χ2n) is 5.15. The third kappa shape index (κ3) is 3.32. The van der Waals surface area contributed by atoms with Crippen LogP contribution in [-0.4, -0.2) is 36.9 Å². The first-order chi connectivity index (χ1) is 11.0. The molecular weight excluding hydrogens is 326 g/mol. The van der Waals surface area contributed by atoms with E-state index in [4.69, 9.17) is 4.74 Å². The zero-order valence-electron chi connectivity index (χ0n) is 12.0. The Morgan fingerprint density at radius 2 is 1.87 bits per heavy atom. The average molecular weight is 340 g/mol. The quantitative estimate of drug-likeness (QED) is 0.856. The number of nitrogens with zero attached hydrogens (tertiary/aromatic N) is 2. The Labute approximate surface area is 132 Å². The minimum atomic E-state index is -3.87. The van der Waals surface area contributed by atoms with Crippen LogP contribution in [-0.2, 0) is 10.0 Å². The summed E-state index contributed by atoms with van der Waals surface area (Å²) in [7, 11) is -3.87. The largest absolute Gasteiger partial charge is 0.489 e. The van der Waals surface area contributed by atoms with Gasteiger partial charge in [-0.05, 0) is 36.8 Å². The zero-order chi connectivity index (χ0) is 16.4. The number of hydrogen-bond acceptors (Lipinski definition) is 4. The van der Waals surface area contributed by atoms with Gasteiger partial charge in [0.1, 0.15) is 11.9 Å². The number of rotatable bonds is 4. The summed E-state index contributed by atoms with van der Waals surface area (Å²) < 4.78 is 58.1. The molecule has 1 aromatic heterocycles. The lowest BCUT2D eigenvalue weighted by atomic mass is 10.3. The number of hydrogen-bond donors (Lipinski definition) is 0. The van der Waals surface area contributed by atoms with E-state index in [1.54, 1.807) is 24.5 Å². The topological polar surface area (TPSA) is 59.5 Å². The minimum Gasteiger partial charge on any atom is -0.489 e. The van der Waals surface area contributed by atoms with Gasteiger partial charge >= 0.3 is 0 Å². The van der Waals surface area contributed by atoms with Gasteiger partial charge < -0.3 is 4.74 Å². The maximum Gasteiger partial charge on any atom is 0.243 e. The average Bonchev–Trinajstić information content (AvgIpc) is 3.00. The molecule has 8 heteroatoms. The lowest BCUT2D eigenvalue weighted by Gasteiger charge is -2.17. The summed E-state index contributed by atoms with van der Waals surface area (Å²) in [5.41, 5.74) is 0. The zero-order valence-corrected chi connectivity index (χ0v) is 12.8. The highest BCUT2D eigenvalue weighted by atomic mass is 32.2. The van der Waals surface area contributed by atoms with Crippen molar-refractivity contribution in [3.05, 3.63) is 54.4 Å². The molecule has 0 saturated carbocycles. The lowest BCUT2D eigenvalue weighted by molar-refractivity contribution is 0.215. The molecule has 1 fully saturated rings. The first kappa shape index (κ1) is 15.8. The highest BCUT2D eigenvalue weighted by molar-refractivity contribution is 7.89. The van der Waals surface area contributed by atoms with E-state index in [0.29, 0.717) is 18.2 Å². The molecule has 2 aromatic rings. The number of halogens is 2. The number of aromatic nitrogens is 1. The smallest absolute Gasteiger partial charge is 0.243 e. The second-order valence-corrected chi connectivity index (χ2v) is 7.09. The Hall–Kier alpha value is -2.06. The van der Waals surface area contributed by atoms with Gasteiger partial charge in [-0.15, -0.1) is 0 Å². The lowest BCUT2D eigenvalue weighted by Crippen LogP contribution is -2.31. The summed E-state index contributed by atoms with van der Waals surface area (Å²) in [6.07, 6.45) is 3.39. The maximum atomic E-state index is 13.3. The fourth-order valence-electron chi connectivity index (χ4n) is 2.41. The summed E-state index contributed by atoms with van der Waals surface area (Å²) in [4.78, 5) is 3.61. The first-order valence-electron chi connectivity index (χ1n) is 6.99. The summed E-state index contributed by atoms with van der Waals surface area (Å²) in [5.74, 6) is -1.66. The third-order valence-electron chi connectivity index (χ3n) is 3.59. The molecule has 1 atom stereocenters. The van der Waals surface area contributed by atoms with Gasteiger partial charge in [0.05, 0.1) is 11.4 Å². The van der Waals surface area contributed by atoms with Crippen molar-refractivity contribution in [3.8, 4) is 5.75 Å². The first-order valence-corrected chi connectivity index (χ1v) is 8.43. The molecule has 1 aromatic carbocycles. The number of ether oxygens (including phenoxy) is 1. The highest BCUT2D eigenvalue weighted by Gasteiger charge is 2.34. The molecule has 1 saturated heterocycles. The standard InChI is InChI=1S/C15H14F2N2O3S/c16-14-2-1-13(9-15(14)17)23(20,21)19-8-5-12(10-19)22-11-3-6-18-7-4-11/h1-4,6-7,9,12H,5,8,10H2/t12-/m0/s1. The minimum absolute atomic E-state index is 0.156. The van der Waals surface area contributed by atoms with Crippen LogP contribution in [0.2, 0.25) is 0 Å². The van der Waals surface area contributed by atoms with Crippen molar-refractivity contribution in [1.82, 2.24) is 9.29 Å². The second kappa shape index (κ2) is 6.21. The van der Waals surface area contributed by atoms with Gasteiger partial charge in [-0.25, -0.2) is 17.2 Å². The molecule has 0 radical (unpaired) electrons. The van der Waals surface area contributed by atoms with Crippen molar-refractivity contribution in [2.45, 2.75) is 17.4 Å². The summed E-state index contributed by atoms with van der Waals surface area (Å²) in [5, 5.41) is 0. The molecule has 1 aliphatic heterocycles. The Kier molecular flexibility index (Phi) is 4.27. The molecule has 1 aliphatic rings. The fourth-order valence-corrected chi connectivity index (χ4v) is 3.91. The van der Waals surface area contributed by atoms with Crippen LogP contribution in [0, 0.1) is 11.6 Å². The van der Waals surface area contributed by atoms with Crippen LogP contribution in [0.25, 0.3) is 0 Å². The van der Waals surface area contributed by atoms with Crippen LogP contribution in [0.4, 0.5) is 8.78 Å². The van der Waals surface area contributed by atoms with E-state index in [2.05, 4.69) is 4.98 Å². The molecule has 2 heterocycles. The van der Waals surface area contributed by atoms with Gasteiger partial charge in [0.2, 0.25) is 10.0 Å². The van der Waals surface area contributed by atoms with E-state index in [-0.39, 0.29) is 24.1 Å². The summed E-state index contributed by atoms with van der Waals surface area (Å²) in [6.45, 7) is 0.417. The van der Waals surface area contributed by atoms with E-state index in [0.717, 1.165) is 12.1 Å². The Morgan fingerprint density at radius 3 is 2.57 bits per heavy atom. The van der Waals surface area contributed by atoms with Crippen molar-refractivity contribution in [1.29, 1.82) is 0 Å². The van der Waals surface area contributed by atoms with Crippen LogP contribution in [0.3, 0.4) is 0 Å². The molecular formula is C15H14F2N2O3S. The highest BCUT2D eigenvalue weighted by Crippen LogP contribution is 2.24. The third-order valence-corrected chi connectivity index (χ3v) is 5.45. The van der Waals surface area contributed by atoms with Crippen molar-refractivity contribution in [3.63, 3.8) is 0 Å². The van der Waals surface area contributed by atoms with Gasteiger partial charge in [-0.3, -0.25) is 4.98 Å². The molecule has 0 unspecified atom stereocenters. The molecule has 122 valence electrons. The Bertz CT molecular complexity index is 800. The van der Waals surface area contributed by atoms with Crippen LogP contribution in [0.5, 0.6) is 5.75 Å². The normalized spacial score (nSPS) is 19.0. The Morgan fingerprint density at radius 1 is 1.13 bits per heavy atom. The van der Waals surface area contributed by atoms with E-state index in [1.165, 1.54) is 4.31 Å².